The lowest BCUT2D eigenvalue weighted by Gasteiger charge is -2.13. The Kier molecular flexibility index (Phi) is 4.09. The van der Waals surface area contributed by atoms with Crippen LogP contribution in [0.3, 0.4) is 0 Å². The minimum atomic E-state index is 1.16. The van der Waals surface area contributed by atoms with Crippen LogP contribution in [0.15, 0.2) is 23.8 Å². The fourth-order valence-electron chi connectivity index (χ4n) is 1.61. The predicted octanol–water partition coefficient (Wildman–Crippen LogP) is 2.60. The van der Waals surface area contributed by atoms with Crippen LogP contribution in [0.5, 0.6) is 0 Å². The molecule has 1 aliphatic rings. The molecule has 0 amide bonds. The van der Waals surface area contributed by atoms with Gasteiger partial charge < -0.3 is 0 Å². The van der Waals surface area contributed by atoms with Gasteiger partial charge in [-0.05, 0) is 39.8 Å². The van der Waals surface area contributed by atoms with Crippen LogP contribution in [0.4, 0.5) is 0 Å². The maximum Gasteiger partial charge on any atom is 0.0193 e. The minimum Gasteiger partial charge on any atom is -0.299 e. The zero-order valence-electron chi connectivity index (χ0n) is 8.21. The lowest BCUT2D eigenvalue weighted by atomic mass is 10.2. The van der Waals surface area contributed by atoms with Crippen molar-refractivity contribution in [2.24, 2.45) is 0 Å². The Balaban J connectivity index is 2.29. The molecule has 0 saturated carbocycles. The lowest BCUT2D eigenvalue weighted by molar-refractivity contribution is 0.368. The van der Waals surface area contributed by atoms with E-state index in [0.717, 1.165) is 6.54 Å². The van der Waals surface area contributed by atoms with Gasteiger partial charge in [-0.15, -0.1) is 0 Å². The van der Waals surface area contributed by atoms with Crippen molar-refractivity contribution < 1.29 is 0 Å². The van der Waals surface area contributed by atoms with E-state index in [4.69, 9.17) is 0 Å². The highest BCUT2D eigenvalue weighted by molar-refractivity contribution is 5.11. The Labute approximate surface area is 75.8 Å². The van der Waals surface area contributed by atoms with Gasteiger partial charge in [0.05, 0.1) is 0 Å². The van der Waals surface area contributed by atoms with E-state index in [-0.39, 0.29) is 0 Å². The first-order chi connectivity index (χ1) is 5.83. The average molecular weight is 165 g/mol. The molecule has 0 atom stereocenters. The highest BCUT2D eigenvalue weighted by Gasteiger charge is 2.10. The summed E-state index contributed by atoms with van der Waals surface area (Å²) in [6.07, 6.45) is 9.17. The Morgan fingerprint density at radius 3 is 2.58 bits per heavy atom. The Hall–Kier alpha value is -0.560. The normalized spacial score (nSPS) is 21.0. The Morgan fingerprint density at radius 1 is 1.33 bits per heavy atom. The number of allylic oxidation sites excluding steroid dienone is 3. The number of hydrogen-bond donors (Lipinski definition) is 0. The Morgan fingerprint density at radius 2 is 2.00 bits per heavy atom. The SMILES string of the molecule is C/C=C\C=C(\C)CN1CCCC1. The van der Waals surface area contributed by atoms with Crippen molar-refractivity contribution in [2.45, 2.75) is 26.7 Å². The molecule has 12 heavy (non-hydrogen) atoms. The molecule has 0 unspecified atom stereocenters. The first kappa shape index (κ1) is 9.53. The van der Waals surface area contributed by atoms with E-state index in [1.807, 2.05) is 0 Å². The van der Waals surface area contributed by atoms with Crippen LogP contribution < -0.4 is 0 Å². The van der Waals surface area contributed by atoms with Crippen molar-refractivity contribution in [3.8, 4) is 0 Å². The molecule has 1 heterocycles. The molecule has 0 aliphatic carbocycles. The molecule has 0 radical (unpaired) electrons. The van der Waals surface area contributed by atoms with E-state index < -0.39 is 0 Å². The van der Waals surface area contributed by atoms with Crippen LogP contribution in [0.1, 0.15) is 26.7 Å². The van der Waals surface area contributed by atoms with Gasteiger partial charge in [0.2, 0.25) is 0 Å². The summed E-state index contributed by atoms with van der Waals surface area (Å²) in [5.41, 5.74) is 1.47. The van der Waals surface area contributed by atoms with Crippen LogP contribution in [-0.2, 0) is 0 Å². The topological polar surface area (TPSA) is 3.24 Å². The third kappa shape index (κ3) is 3.22. The molecule has 0 spiro atoms. The molecule has 0 aromatic heterocycles. The van der Waals surface area contributed by atoms with Crippen LogP contribution in [-0.4, -0.2) is 24.5 Å². The summed E-state index contributed by atoms with van der Waals surface area (Å²) in [6, 6.07) is 0. The summed E-state index contributed by atoms with van der Waals surface area (Å²) in [4.78, 5) is 2.52. The molecule has 0 N–H and O–H groups in total. The van der Waals surface area contributed by atoms with Gasteiger partial charge in [0, 0.05) is 6.54 Å². The van der Waals surface area contributed by atoms with Crippen LogP contribution in [0.25, 0.3) is 0 Å². The summed E-state index contributed by atoms with van der Waals surface area (Å²) in [7, 11) is 0. The zero-order valence-corrected chi connectivity index (χ0v) is 8.21. The standard InChI is InChI=1S/C11H19N/c1-3-4-7-11(2)10-12-8-5-6-9-12/h3-4,7H,5-6,8-10H2,1-2H3/b4-3-,11-7-. The van der Waals surface area contributed by atoms with Gasteiger partial charge >= 0.3 is 0 Å². The third-order valence-corrected chi connectivity index (χ3v) is 2.24. The van der Waals surface area contributed by atoms with E-state index in [0.29, 0.717) is 0 Å². The molecule has 0 aromatic rings. The van der Waals surface area contributed by atoms with Gasteiger partial charge in [0.25, 0.3) is 0 Å². The molecule has 1 rings (SSSR count). The van der Waals surface area contributed by atoms with E-state index in [2.05, 4.69) is 37.0 Å². The van der Waals surface area contributed by atoms with E-state index in [1.165, 1.54) is 31.5 Å². The molecule has 1 fully saturated rings. The second-order valence-electron chi connectivity index (χ2n) is 3.52. The van der Waals surface area contributed by atoms with E-state index >= 15 is 0 Å². The second-order valence-corrected chi connectivity index (χ2v) is 3.52. The summed E-state index contributed by atoms with van der Waals surface area (Å²) < 4.78 is 0. The molecular weight excluding hydrogens is 146 g/mol. The van der Waals surface area contributed by atoms with Crippen molar-refractivity contribution in [2.75, 3.05) is 19.6 Å². The quantitative estimate of drug-likeness (QED) is 0.581. The van der Waals surface area contributed by atoms with Crippen molar-refractivity contribution in [1.29, 1.82) is 0 Å². The minimum absolute atomic E-state index is 1.16. The number of rotatable bonds is 3. The number of likely N-dealkylation sites (tertiary alicyclic amines) is 1. The summed E-state index contributed by atoms with van der Waals surface area (Å²) in [5.74, 6) is 0. The second kappa shape index (κ2) is 5.15. The third-order valence-electron chi connectivity index (χ3n) is 2.24. The average Bonchev–Trinajstić information content (AvgIpc) is 2.53. The summed E-state index contributed by atoms with van der Waals surface area (Å²) in [5, 5.41) is 0. The highest BCUT2D eigenvalue weighted by Crippen LogP contribution is 2.09. The summed E-state index contributed by atoms with van der Waals surface area (Å²) in [6.45, 7) is 8.00. The maximum absolute atomic E-state index is 2.52. The van der Waals surface area contributed by atoms with Crippen LogP contribution >= 0.6 is 0 Å². The van der Waals surface area contributed by atoms with E-state index in [9.17, 15) is 0 Å². The van der Waals surface area contributed by atoms with Crippen molar-refractivity contribution in [3.63, 3.8) is 0 Å². The number of nitrogens with zero attached hydrogens (tertiary/aromatic N) is 1. The fraction of sp³-hybridized carbons (Fsp3) is 0.636. The van der Waals surface area contributed by atoms with Crippen molar-refractivity contribution >= 4 is 0 Å². The predicted molar refractivity (Wildman–Crippen MR) is 54.2 cm³/mol. The molecule has 0 bridgehead atoms. The van der Waals surface area contributed by atoms with Gasteiger partial charge in [0.15, 0.2) is 0 Å². The van der Waals surface area contributed by atoms with Gasteiger partial charge in [-0.3, -0.25) is 4.90 Å². The van der Waals surface area contributed by atoms with E-state index in [1.54, 1.807) is 0 Å². The fourth-order valence-corrected chi connectivity index (χ4v) is 1.61. The van der Waals surface area contributed by atoms with Gasteiger partial charge in [0.1, 0.15) is 0 Å². The monoisotopic (exact) mass is 165 g/mol. The highest BCUT2D eigenvalue weighted by atomic mass is 15.1. The molecule has 1 aliphatic heterocycles. The summed E-state index contributed by atoms with van der Waals surface area (Å²) >= 11 is 0. The van der Waals surface area contributed by atoms with Crippen LogP contribution in [0.2, 0.25) is 0 Å². The first-order valence-corrected chi connectivity index (χ1v) is 4.83. The van der Waals surface area contributed by atoms with Gasteiger partial charge in [-0.25, -0.2) is 0 Å². The molecule has 1 nitrogen and oxygen atoms in total. The lowest BCUT2D eigenvalue weighted by Crippen LogP contribution is -2.20. The first-order valence-electron chi connectivity index (χ1n) is 4.83. The smallest absolute Gasteiger partial charge is 0.0193 e. The maximum atomic E-state index is 2.52. The van der Waals surface area contributed by atoms with Crippen molar-refractivity contribution in [1.82, 2.24) is 4.90 Å². The molecule has 1 saturated heterocycles. The van der Waals surface area contributed by atoms with Crippen molar-refractivity contribution in [3.05, 3.63) is 23.8 Å². The zero-order chi connectivity index (χ0) is 8.81. The molecule has 68 valence electrons. The molecular formula is C11H19N. The number of hydrogen-bond acceptors (Lipinski definition) is 1. The molecule has 0 aromatic carbocycles. The molecule has 1 heteroatoms. The Bertz CT molecular complexity index is 173. The van der Waals surface area contributed by atoms with Crippen LogP contribution in [0, 0.1) is 0 Å². The van der Waals surface area contributed by atoms with Gasteiger partial charge in [-0.2, -0.15) is 0 Å². The van der Waals surface area contributed by atoms with Gasteiger partial charge in [-0.1, -0.05) is 23.8 Å². The largest absolute Gasteiger partial charge is 0.299 e.